The second-order valence-corrected chi connectivity index (χ2v) is 17.6. The number of alkyl halides is 2. The van der Waals surface area contributed by atoms with Crippen LogP contribution in [0.25, 0.3) is 17.2 Å². The molecule has 7 rings (SSSR count). The number of nitrogens with zero attached hydrogens (tertiary/aromatic N) is 2. The van der Waals surface area contributed by atoms with Gasteiger partial charge in [-0.3, -0.25) is 19.1 Å². The molecular formula is C38H43F2N5O8S. The van der Waals surface area contributed by atoms with E-state index in [1.807, 2.05) is 59.3 Å². The number of amides is 4. The summed E-state index contributed by atoms with van der Waals surface area (Å²) in [7, 11) is -4.12. The monoisotopic (exact) mass is 767 g/mol. The maximum Gasteiger partial charge on any atom is 0.407 e. The van der Waals surface area contributed by atoms with Gasteiger partial charge < -0.3 is 25.1 Å². The zero-order chi connectivity index (χ0) is 38.6. The van der Waals surface area contributed by atoms with Gasteiger partial charge in [-0.1, -0.05) is 74.5 Å². The quantitative estimate of drug-likeness (QED) is 0.337. The number of benzene rings is 2. The molecule has 0 spiro atoms. The maximum absolute atomic E-state index is 14.4. The molecule has 2 aromatic rings. The van der Waals surface area contributed by atoms with Crippen LogP contribution in [0, 0.1) is 11.3 Å². The highest BCUT2D eigenvalue weighted by atomic mass is 32.2. The van der Waals surface area contributed by atoms with Crippen molar-refractivity contribution in [3.8, 4) is 11.1 Å². The molecule has 2 saturated carbocycles. The highest BCUT2D eigenvalue weighted by molar-refractivity contribution is 7.91. The molecule has 288 valence electrons. The summed E-state index contributed by atoms with van der Waals surface area (Å²) in [6, 6.07) is 11.1. The molecule has 4 amide bonds. The predicted molar refractivity (Wildman–Crippen MR) is 194 cm³/mol. The number of allylic oxidation sites excluding steroid dienone is 1. The van der Waals surface area contributed by atoms with Crippen molar-refractivity contribution in [1.82, 2.24) is 20.3 Å². The van der Waals surface area contributed by atoms with E-state index in [-0.39, 0.29) is 19.6 Å². The van der Waals surface area contributed by atoms with E-state index in [0.29, 0.717) is 31.4 Å². The van der Waals surface area contributed by atoms with Gasteiger partial charge in [0.2, 0.25) is 28.3 Å². The molecular weight excluding hydrogens is 725 g/mol. The van der Waals surface area contributed by atoms with Crippen LogP contribution in [0.1, 0.15) is 76.0 Å². The van der Waals surface area contributed by atoms with Gasteiger partial charge in [0.15, 0.2) is 0 Å². The smallest absolute Gasteiger partial charge is 0.407 e. The predicted octanol–water partition coefficient (Wildman–Crippen LogP) is 4.10. The zero-order valence-corrected chi connectivity index (χ0v) is 31.0. The first-order valence-corrected chi connectivity index (χ1v) is 19.7. The number of ether oxygens (including phenoxy) is 1. The third kappa shape index (κ3) is 7.31. The van der Waals surface area contributed by atoms with Gasteiger partial charge in [0.1, 0.15) is 29.4 Å². The van der Waals surface area contributed by atoms with Crippen LogP contribution in [0.15, 0.2) is 53.7 Å². The average molecular weight is 768 g/mol. The van der Waals surface area contributed by atoms with Gasteiger partial charge in [0.05, 0.1) is 24.3 Å². The van der Waals surface area contributed by atoms with Gasteiger partial charge >= 0.3 is 6.09 Å². The Kier molecular flexibility index (Phi) is 9.77. The van der Waals surface area contributed by atoms with Gasteiger partial charge in [-0.15, -0.1) is 0 Å². The zero-order valence-electron chi connectivity index (χ0n) is 30.1. The molecule has 3 aliphatic carbocycles. The van der Waals surface area contributed by atoms with Gasteiger partial charge in [-0.05, 0) is 60.3 Å². The van der Waals surface area contributed by atoms with Crippen LogP contribution in [0.2, 0.25) is 0 Å². The standard InChI is InChI=1S/C38H43F2N5O8S/c1-37(2,3)31-34(47)45-20-22(18-29(45)33(46)42-38(19-28(38)32(39)40)35(48)44-54(50,51)23-13-14-23)53-43-30-26-11-7-6-10-24(26)25-15-12-21(17-27(25)30)9-5-4-8-16-52-36(49)41-31/h5-7,9-12,15,17,22-23,28-29,31-32H,4,8,13-14,16,18-20H2,1-3H3,(H,41,49)(H,42,46)(H,44,48)/b9-5+,43-30+/t22-,28+,29+,31-,38+/m1/s1. The van der Waals surface area contributed by atoms with Gasteiger partial charge in [0, 0.05) is 17.5 Å². The lowest BCUT2D eigenvalue weighted by Gasteiger charge is -2.35. The minimum atomic E-state index is -4.12. The van der Waals surface area contributed by atoms with Crippen molar-refractivity contribution in [2.45, 2.75) is 94.7 Å². The van der Waals surface area contributed by atoms with E-state index in [9.17, 15) is 36.4 Å². The first kappa shape index (κ1) is 37.5. The van der Waals surface area contributed by atoms with Crippen molar-refractivity contribution >= 4 is 45.6 Å². The first-order valence-electron chi connectivity index (χ1n) is 18.1. The van der Waals surface area contributed by atoms with Crippen LogP contribution in [-0.2, 0) is 34.0 Å². The SMILES string of the molecule is CC(C)(C)[C@@H]1NC(=O)OCCC/C=C/c2ccc3c(c2)/C(=N/O[C@@H]2C[C@@H](C(=O)N[C@@]4(C(=O)NS(=O)(=O)C5CC5)C[C@H]4C(F)F)N(C2)C1=O)c1ccccc1-3. The Bertz CT molecular complexity index is 2050. The summed E-state index contributed by atoms with van der Waals surface area (Å²) in [5, 5.41) is 8.84. The highest BCUT2D eigenvalue weighted by Crippen LogP contribution is 2.48. The van der Waals surface area contributed by atoms with Crippen molar-refractivity contribution in [1.29, 1.82) is 0 Å². The van der Waals surface area contributed by atoms with E-state index in [4.69, 9.17) is 9.57 Å². The number of alkyl carbamates (subject to hydrolysis) is 1. The number of nitrogens with one attached hydrogen (secondary N) is 3. The molecule has 2 heterocycles. The van der Waals surface area contributed by atoms with Crippen LogP contribution < -0.4 is 15.4 Å². The van der Waals surface area contributed by atoms with Crippen LogP contribution >= 0.6 is 0 Å². The highest BCUT2D eigenvalue weighted by Gasteiger charge is 2.67. The van der Waals surface area contributed by atoms with E-state index in [1.54, 1.807) is 20.8 Å². The summed E-state index contributed by atoms with van der Waals surface area (Å²) in [4.78, 5) is 62.2. The minimum Gasteiger partial charge on any atom is -0.450 e. The molecule has 3 fully saturated rings. The molecule has 16 heteroatoms. The van der Waals surface area contributed by atoms with Gasteiger partial charge in [-0.2, -0.15) is 0 Å². The Hall–Kier alpha value is -4.86. The number of hydrogen-bond acceptors (Lipinski definition) is 9. The summed E-state index contributed by atoms with van der Waals surface area (Å²) >= 11 is 0. The molecule has 0 aromatic heterocycles. The summed E-state index contributed by atoms with van der Waals surface area (Å²) in [6.07, 6.45) is 0.342. The van der Waals surface area contributed by atoms with E-state index >= 15 is 0 Å². The normalized spacial score (nSPS) is 28.6. The lowest BCUT2D eigenvalue weighted by molar-refractivity contribution is -0.143. The van der Waals surface area contributed by atoms with Crippen molar-refractivity contribution in [2.75, 3.05) is 13.2 Å². The molecule has 4 bridgehead atoms. The first-order chi connectivity index (χ1) is 25.6. The molecule has 5 atom stereocenters. The summed E-state index contributed by atoms with van der Waals surface area (Å²) in [5.74, 6) is -4.51. The summed E-state index contributed by atoms with van der Waals surface area (Å²) in [6.45, 7) is 5.07. The Morgan fingerprint density at radius 1 is 1.06 bits per heavy atom. The van der Waals surface area contributed by atoms with Crippen LogP contribution in [0.4, 0.5) is 13.6 Å². The van der Waals surface area contributed by atoms with E-state index in [1.165, 1.54) is 4.90 Å². The number of rotatable bonds is 6. The fraction of sp³-hybridized carbons (Fsp3) is 0.500. The largest absolute Gasteiger partial charge is 0.450 e. The van der Waals surface area contributed by atoms with E-state index in [2.05, 4.69) is 15.8 Å². The Morgan fingerprint density at radius 3 is 2.46 bits per heavy atom. The number of oxime groups is 1. The molecule has 2 aromatic carbocycles. The molecule has 1 saturated heterocycles. The molecule has 13 nitrogen and oxygen atoms in total. The fourth-order valence-corrected chi connectivity index (χ4v) is 8.72. The number of hydrogen-bond donors (Lipinski definition) is 3. The van der Waals surface area contributed by atoms with Crippen molar-refractivity contribution in [3.05, 3.63) is 65.2 Å². The molecule has 3 N–H and O–H groups in total. The van der Waals surface area contributed by atoms with Gasteiger partial charge in [-0.25, -0.2) is 22.0 Å². The lowest BCUT2D eigenvalue weighted by atomic mass is 9.85. The second kappa shape index (κ2) is 14.1. The molecule has 0 radical (unpaired) electrons. The topological polar surface area (TPSA) is 173 Å². The van der Waals surface area contributed by atoms with E-state index in [0.717, 1.165) is 27.8 Å². The number of halogens is 2. The van der Waals surface area contributed by atoms with Gasteiger partial charge in [0.25, 0.3) is 5.91 Å². The number of carbonyl (C=O) groups excluding carboxylic acids is 4. The van der Waals surface area contributed by atoms with Crippen LogP contribution in [-0.4, -0.2) is 91.4 Å². The third-order valence-corrected chi connectivity index (χ3v) is 12.4. The molecule has 54 heavy (non-hydrogen) atoms. The fourth-order valence-electron chi connectivity index (χ4n) is 7.36. The average Bonchev–Trinajstić information content (AvgIpc) is 4.03. The van der Waals surface area contributed by atoms with Crippen molar-refractivity contribution < 1.29 is 46.0 Å². The molecule has 2 aliphatic heterocycles. The number of carbonyl (C=O) groups is 4. The minimum absolute atomic E-state index is 0.0775. The number of cyclic esters (lactones) is 1. The molecule has 0 unspecified atom stereocenters. The third-order valence-electron chi connectivity index (χ3n) is 10.6. The Balaban J connectivity index is 1.23. The number of sulfonamides is 1. The van der Waals surface area contributed by atoms with Crippen LogP contribution in [0.3, 0.4) is 0 Å². The summed E-state index contributed by atoms with van der Waals surface area (Å²) in [5.41, 5.74) is 1.93. The number of fused-ring (bicyclic) bond motifs is 6. The lowest BCUT2D eigenvalue weighted by Crippen LogP contribution is -2.60. The summed E-state index contributed by atoms with van der Waals surface area (Å²) < 4.78 is 60.7. The Labute approximate surface area is 311 Å². The second-order valence-electron chi connectivity index (χ2n) is 15.7. The van der Waals surface area contributed by atoms with Crippen molar-refractivity contribution in [3.63, 3.8) is 0 Å². The van der Waals surface area contributed by atoms with Crippen LogP contribution in [0.5, 0.6) is 0 Å². The maximum atomic E-state index is 14.4. The Morgan fingerprint density at radius 2 is 1.78 bits per heavy atom. The van der Waals surface area contributed by atoms with E-state index < -0.39 is 87.0 Å². The molecule has 5 aliphatic rings. The van der Waals surface area contributed by atoms with Crippen molar-refractivity contribution in [2.24, 2.45) is 16.5 Å².